The summed E-state index contributed by atoms with van der Waals surface area (Å²) < 4.78 is 1.81. The van der Waals surface area contributed by atoms with Gasteiger partial charge in [-0.25, -0.2) is 0 Å². The highest BCUT2D eigenvalue weighted by Gasteiger charge is 2.34. The Morgan fingerprint density at radius 1 is 1.37 bits per heavy atom. The van der Waals surface area contributed by atoms with Crippen molar-refractivity contribution in [1.82, 2.24) is 14.8 Å². The van der Waals surface area contributed by atoms with Gasteiger partial charge in [0.05, 0.1) is 16.7 Å². The SMILES string of the molecule is Cl.Cn1cc2c(C3(N)CCC(N)CC3)nccc2n1. The second-order valence-corrected chi connectivity index (χ2v) is 5.39. The van der Waals surface area contributed by atoms with Gasteiger partial charge in [-0.3, -0.25) is 9.67 Å². The molecule has 0 amide bonds. The summed E-state index contributed by atoms with van der Waals surface area (Å²) in [6.07, 6.45) is 7.53. The molecular weight excluding hydrogens is 262 g/mol. The van der Waals surface area contributed by atoms with Crippen LogP contribution in [0.25, 0.3) is 10.9 Å². The van der Waals surface area contributed by atoms with Crippen LogP contribution in [-0.2, 0) is 12.6 Å². The topological polar surface area (TPSA) is 82.8 Å². The molecule has 0 saturated heterocycles. The zero-order chi connectivity index (χ0) is 12.8. The monoisotopic (exact) mass is 281 g/mol. The fourth-order valence-electron chi connectivity index (χ4n) is 2.85. The second-order valence-electron chi connectivity index (χ2n) is 5.39. The summed E-state index contributed by atoms with van der Waals surface area (Å²) in [5.74, 6) is 0. The van der Waals surface area contributed by atoms with Gasteiger partial charge >= 0.3 is 0 Å². The van der Waals surface area contributed by atoms with Crippen LogP contribution in [0.5, 0.6) is 0 Å². The third kappa shape index (κ3) is 2.45. The number of halogens is 1. The normalized spacial score (nSPS) is 27.2. The van der Waals surface area contributed by atoms with Gasteiger partial charge in [-0.2, -0.15) is 5.10 Å². The lowest BCUT2D eigenvalue weighted by Crippen LogP contribution is -2.44. The molecule has 19 heavy (non-hydrogen) atoms. The van der Waals surface area contributed by atoms with E-state index in [0.717, 1.165) is 42.3 Å². The fourth-order valence-corrected chi connectivity index (χ4v) is 2.85. The van der Waals surface area contributed by atoms with Crippen molar-refractivity contribution in [3.05, 3.63) is 24.2 Å². The maximum atomic E-state index is 6.56. The van der Waals surface area contributed by atoms with E-state index in [1.54, 1.807) is 6.20 Å². The molecule has 2 heterocycles. The van der Waals surface area contributed by atoms with Crippen LogP contribution in [0.2, 0.25) is 0 Å². The Morgan fingerprint density at radius 3 is 2.74 bits per heavy atom. The van der Waals surface area contributed by atoms with Crippen molar-refractivity contribution in [2.45, 2.75) is 37.3 Å². The maximum Gasteiger partial charge on any atom is 0.0957 e. The summed E-state index contributed by atoms with van der Waals surface area (Å²) in [7, 11) is 1.92. The molecule has 6 heteroatoms. The molecule has 1 aliphatic rings. The van der Waals surface area contributed by atoms with Crippen LogP contribution in [0.1, 0.15) is 31.4 Å². The van der Waals surface area contributed by atoms with E-state index in [4.69, 9.17) is 11.5 Å². The van der Waals surface area contributed by atoms with Crippen molar-refractivity contribution in [3.8, 4) is 0 Å². The van der Waals surface area contributed by atoms with Crippen molar-refractivity contribution in [3.63, 3.8) is 0 Å². The lowest BCUT2D eigenvalue weighted by molar-refractivity contribution is 0.273. The summed E-state index contributed by atoms with van der Waals surface area (Å²) in [5.41, 5.74) is 14.1. The van der Waals surface area contributed by atoms with Crippen LogP contribution in [0.15, 0.2) is 18.5 Å². The highest BCUT2D eigenvalue weighted by molar-refractivity contribution is 5.85. The van der Waals surface area contributed by atoms with Gasteiger partial charge in [-0.05, 0) is 31.7 Å². The maximum absolute atomic E-state index is 6.56. The van der Waals surface area contributed by atoms with Gasteiger partial charge in [-0.1, -0.05) is 0 Å². The average molecular weight is 282 g/mol. The predicted molar refractivity (Wildman–Crippen MR) is 78.1 cm³/mol. The minimum absolute atomic E-state index is 0. The largest absolute Gasteiger partial charge is 0.328 e. The number of hydrogen-bond donors (Lipinski definition) is 2. The van der Waals surface area contributed by atoms with E-state index < -0.39 is 0 Å². The lowest BCUT2D eigenvalue weighted by atomic mass is 9.77. The number of pyridine rings is 1. The van der Waals surface area contributed by atoms with Crippen molar-refractivity contribution in [1.29, 1.82) is 0 Å². The van der Waals surface area contributed by atoms with Crippen LogP contribution in [0.4, 0.5) is 0 Å². The summed E-state index contributed by atoms with van der Waals surface area (Å²) in [4.78, 5) is 4.52. The van der Waals surface area contributed by atoms with E-state index in [9.17, 15) is 0 Å². The molecule has 1 saturated carbocycles. The molecule has 3 rings (SSSR count). The first kappa shape index (κ1) is 14.2. The minimum atomic E-state index is -0.349. The molecule has 0 aliphatic heterocycles. The summed E-state index contributed by atoms with van der Waals surface area (Å²) >= 11 is 0. The molecule has 4 N–H and O–H groups in total. The average Bonchev–Trinajstić information content (AvgIpc) is 2.73. The molecule has 104 valence electrons. The van der Waals surface area contributed by atoms with Gasteiger partial charge in [0.2, 0.25) is 0 Å². The molecule has 5 nitrogen and oxygen atoms in total. The Hall–Kier alpha value is -1.17. The Bertz CT molecular complexity index is 571. The van der Waals surface area contributed by atoms with Crippen LogP contribution in [0, 0.1) is 0 Å². The van der Waals surface area contributed by atoms with E-state index in [1.807, 2.05) is 24.0 Å². The van der Waals surface area contributed by atoms with Gasteiger partial charge in [0.15, 0.2) is 0 Å². The Labute approximate surface area is 118 Å². The molecule has 2 aromatic rings. The first-order valence-corrected chi connectivity index (χ1v) is 6.42. The number of aromatic nitrogens is 3. The molecule has 0 aromatic carbocycles. The number of rotatable bonds is 1. The molecule has 0 unspecified atom stereocenters. The lowest BCUT2D eigenvalue weighted by Gasteiger charge is -2.35. The summed E-state index contributed by atoms with van der Waals surface area (Å²) in [5, 5.41) is 5.48. The Balaban J connectivity index is 0.00000133. The van der Waals surface area contributed by atoms with Crippen LogP contribution in [0.3, 0.4) is 0 Å². The van der Waals surface area contributed by atoms with Gasteiger partial charge in [0, 0.05) is 30.9 Å². The molecule has 0 spiro atoms. The van der Waals surface area contributed by atoms with Crippen molar-refractivity contribution >= 4 is 23.3 Å². The quantitative estimate of drug-likeness (QED) is 0.829. The first-order valence-electron chi connectivity index (χ1n) is 6.42. The predicted octanol–water partition coefficient (Wildman–Crippen LogP) is 1.45. The molecule has 1 aliphatic carbocycles. The van der Waals surface area contributed by atoms with Gasteiger partial charge in [-0.15, -0.1) is 12.4 Å². The Kier molecular flexibility index (Phi) is 3.80. The van der Waals surface area contributed by atoms with Crippen LogP contribution < -0.4 is 11.5 Å². The van der Waals surface area contributed by atoms with Crippen LogP contribution >= 0.6 is 12.4 Å². The van der Waals surface area contributed by atoms with Gasteiger partial charge < -0.3 is 11.5 Å². The molecule has 0 radical (unpaired) electrons. The molecule has 0 bridgehead atoms. The highest BCUT2D eigenvalue weighted by Crippen LogP contribution is 2.36. The molecular formula is C13H20ClN5. The van der Waals surface area contributed by atoms with E-state index in [2.05, 4.69) is 10.1 Å². The number of nitrogens with two attached hydrogens (primary N) is 2. The number of aryl methyl sites for hydroxylation is 1. The van der Waals surface area contributed by atoms with Gasteiger partial charge in [0.1, 0.15) is 0 Å². The fraction of sp³-hybridized carbons (Fsp3) is 0.538. The van der Waals surface area contributed by atoms with Crippen LogP contribution in [-0.4, -0.2) is 20.8 Å². The Morgan fingerprint density at radius 2 is 2.05 bits per heavy atom. The van der Waals surface area contributed by atoms with Gasteiger partial charge in [0.25, 0.3) is 0 Å². The van der Waals surface area contributed by atoms with E-state index in [1.165, 1.54) is 0 Å². The number of nitrogens with zero attached hydrogens (tertiary/aromatic N) is 3. The summed E-state index contributed by atoms with van der Waals surface area (Å²) in [6, 6.07) is 2.21. The highest BCUT2D eigenvalue weighted by atomic mass is 35.5. The van der Waals surface area contributed by atoms with Crippen molar-refractivity contribution in [2.75, 3.05) is 0 Å². The van der Waals surface area contributed by atoms with E-state index in [0.29, 0.717) is 0 Å². The first-order chi connectivity index (χ1) is 8.58. The zero-order valence-corrected chi connectivity index (χ0v) is 11.9. The van der Waals surface area contributed by atoms with Crippen molar-refractivity contribution in [2.24, 2.45) is 18.5 Å². The smallest absolute Gasteiger partial charge is 0.0957 e. The van der Waals surface area contributed by atoms with Crippen molar-refractivity contribution < 1.29 is 0 Å². The number of fused-ring (bicyclic) bond motifs is 1. The second kappa shape index (κ2) is 5.07. The summed E-state index contributed by atoms with van der Waals surface area (Å²) in [6.45, 7) is 0. The standard InChI is InChI=1S/C13H19N5.ClH/c1-18-8-10-11(17-18)4-7-16-12(10)13(15)5-2-9(14)3-6-13;/h4,7-9H,2-3,5-6,14-15H2,1H3;1H. The molecule has 1 fully saturated rings. The molecule has 2 aromatic heterocycles. The minimum Gasteiger partial charge on any atom is -0.328 e. The molecule has 0 atom stereocenters. The third-order valence-electron chi connectivity index (χ3n) is 3.94. The zero-order valence-electron chi connectivity index (χ0n) is 11.0. The number of hydrogen-bond acceptors (Lipinski definition) is 4. The van der Waals surface area contributed by atoms with E-state index in [-0.39, 0.29) is 24.0 Å². The van der Waals surface area contributed by atoms with E-state index >= 15 is 0 Å². The third-order valence-corrected chi connectivity index (χ3v) is 3.94.